The van der Waals surface area contributed by atoms with Gasteiger partial charge >= 0.3 is 0 Å². The van der Waals surface area contributed by atoms with Crippen LogP contribution in [0.15, 0.2) is 209 Å². The molecule has 2 heterocycles. The number of nitrogens with one attached hydrogen (secondary N) is 2. The summed E-state index contributed by atoms with van der Waals surface area (Å²) < 4.78 is 141. The van der Waals surface area contributed by atoms with Crippen LogP contribution >= 0.6 is 22.7 Å². The van der Waals surface area contributed by atoms with E-state index < -0.39 is 122 Å². The summed E-state index contributed by atoms with van der Waals surface area (Å²) in [7, 11) is -18.9. The number of aliphatic hydroxyl groups excluding tert-OH is 8. The van der Waals surface area contributed by atoms with Crippen LogP contribution in [0.5, 0.6) is 0 Å². The quantitative estimate of drug-likeness (QED) is 0.0104. The number of fused-ring (bicyclic) bond motifs is 4. The van der Waals surface area contributed by atoms with Crippen LogP contribution in [-0.2, 0) is 50.1 Å². The van der Waals surface area contributed by atoms with Gasteiger partial charge in [0.25, 0.3) is 11.8 Å². The number of rotatable bonds is 26. The molecule has 0 bridgehead atoms. The Morgan fingerprint density at radius 2 is 0.714 bits per heavy atom. The minimum atomic E-state index is -4.77. The molecular weight excluding hydrogens is 1570 g/mol. The van der Waals surface area contributed by atoms with Gasteiger partial charge in [-0.1, -0.05) is 60.7 Å². The molecule has 0 radical (unpaired) electrons. The molecular formula is C74H86N10O22S6-4. The molecule has 10 N–H and O–H groups in total. The first-order chi connectivity index (χ1) is 52.3. The molecule has 0 aliphatic heterocycles. The van der Waals surface area contributed by atoms with Crippen LogP contribution in [0.1, 0.15) is 69.4 Å². The van der Waals surface area contributed by atoms with Gasteiger partial charge in [0, 0.05) is 86.2 Å². The second kappa shape index (κ2) is 38.9. The third-order valence-corrected chi connectivity index (χ3v) is 22.1. The number of hydrogen-bond acceptors (Lipinski definition) is 32. The third-order valence-electron chi connectivity index (χ3n) is 15.7. The molecule has 0 aliphatic rings. The fourth-order valence-electron chi connectivity index (χ4n) is 11.4. The number of carbonyl (C=O) groups is 2. The summed E-state index contributed by atoms with van der Waals surface area (Å²) in [5.41, 5.74) is 2.82. The number of aliphatic hydroxyl groups is 8. The van der Waals surface area contributed by atoms with Crippen molar-refractivity contribution in [2.45, 2.75) is 125 Å². The van der Waals surface area contributed by atoms with Crippen molar-refractivity contribution in [2.75, 3.05) is 49.9 Å². The molecule has 604 valence electrons. The third kappa shape index (κ3) is 25.3. The van der Waals surface area contributed by atoms with E-state index in [0.717, 1.165) is 22.7 Å². The van der Waals surface area contributed by atoms with Gasteiger partial charge in [-0.2, -0.15) is 10.2 Å². The summed E-state index contributed by atoms with van der Waals surface area (Å²) in [6.45, 7) is 18.6. The van der Waals surface area contributed by atoms with Crippen LogP contribution in [0.25, 0.3) is 63.1 Å². The fraction of sp³-hybridized carbons (Fsp3) is 0.297. The lowest BCUT2D eigenvalue weighted by Gasteiger charge is -2.26. The van der Waals surface area contributed by atoms with E-state index in [0.29, 0.717) is 105 Å². The number of anilines is 2. The largest absolute Gasteiger partial charge is 0.744 e. The van der Waals surface area contributed by atoms with Crippen LogP contribution in [0, 0.1) is 13.8 Å². The first kappa shape index (κ1) is 89.8. The zero-order valence-corrected chi connectivity index (χ0v) is 66.8. The number of azo groups is 2. The van der Waals surface area contributed by atoms with E-state index in [1.807, 2.05) is 9.80 Å². The molecule has 0 spiro atoms. The van der Waals surface area contributed by atoms with Gasteiger partial charge in [0.2, 0.25) is 0 Å². The molecule has 6 unspecified atom stereocenters. The van der Waals surface area contributed by atoms with Crippen molar-refractivity contribution in [3.63, 3.8) is 0 Å². The number of nitrogens with zero attached hydrogens (tertiary/aromatic N) is 8. The van der Waals surface area contributed by atoms with Crippen LogP contribution in [-0.4, -0.2) is 200 Å². The molecule has 8 aromatic carbocycles. The van der Waals surface area contributed by atoms with Gasteiger partial charge in [-0.25, -0.2) is 43.6 Å². The van der Waals surface area contributed by atoms with E-state index in [1.54, 1.807) is 116 Å². The van der Waals surface area contributed by atoms with E-state index in [-0.39, 0.29) is 44.2 Å². The predicted molar refractivity (Wildman–Crippen MR) is 423 cm³/mol. The van der Waals surface area contributed by atoms with Crippen molar-refractivity contribution >= 4 is 140 Å². The van der Waals surface area contributed by atoms with Crippen molar-refractivity contribution in [1.82, 2.24) is 19.8 Å². The van der Waals surface area contributed by atoms with Gasteiger partial charge in [-0.15, -0.1) is 32.9 Å². The summed E-state index contributed by atoms with van der Waals surface area (Å²) in [6, 6.07) is 36.2. The van der Waals surface area contributed by atoms with E-state index in [2.05, 4.69) is 41.1 Å². The van der Waals surface area contributed by atoms with Crippen molar-refractivity contribution in [1.29, 1.82) is 0 Å². The van der Waals surface area contributed by atoms with E-state index in [1.165, 1.54) is 98.8 Å². The fourth-order valence-corrected chi connectivity index (χ4v) is 17.4. The lowest BCUT2D eigenvalue weighted by molar-refractivity contribution is -0.113. The SMILES string of the molecule is C/C(O)=C(\N=Nc1ccc(-c2nc3ccc(C)c(S(=O)(=O)[O-])c3s2)cc1)C(=O)Nc1cccc2c(S(=O)(=O)[O-])cccc12.C/C(O)=C(\N=Nc1ccc(-c2nc3ccc(C)c(S(=O)(=O)[O-])c3s2)cc1)C(=O)Nc1cccc2c(S(=O)(=O)[O-])cccc12.CC(O)CN(CC(C)O)CC(C)O.CC(O)CN(CC(C)O)CC(C)O.[HH].[HH]. The molecule has 10 rings (SSSR count). The number of aromatic nitrogens is 2. The lowest BCUT2D eigenvalue weighted by atomic mass is 10.1. The van der Waals surface area contributed by atoms with Gasteiger partial charge in [0.15, 0.2) is 11.4 Å². The van der Waals surface area contributed by atoms with Crippen molar-refractivity contribution in [3.05, 3.63) is 180 Å². The smallest absolute Gasteiger partial charge is 0.279 e. The number of benzene rings is 8. The zero-order valence-electron chi connectivity index (χ0n) is 61.9. The van der Waals surface area contributed by atoms with Gasteiger partial charge in [-0.3, -0.25) is 19.4 Å². The van der Waals surface area contributed by atoms with Crippen LogP contribution in [0.2, 0.25) is 0 Å². The molecule has 32 nitrogen and oxygen atoms in total. The number of amides is 2. The first-order valence-corrected chi connectivity index (χ1v) is 41.2. The maximum atomic E-state index is 13.0. The van der Waals surface area contributed by atoms with E-state index >= 15 is 0 Å². The molecule has 0 saturated carbocycles. The van der Waals surface area contributed by atoms with Crippen LogP contribution in [0.4, 0.5) is 22.7 Å². The topological polar surface area (TPSA) is 531 Å². The van der Waals surface area contributed by atoms with Gasteiger partial charge in [0.05, 0.1) is 88.0 Å². The number of aryl methyl sites for hydroxylation is 2. The average Bonchev–Trinajstić information content (AvgIpc) is 1.74. The number of allylic oxidation sites excluding steroid dienone is 2. The maximum Gasteiger partial charge on any atom is 0.279 e. The molecule has 38 heteroatoms. The Hall–Kier alpha value is -9.40. The van der Waals surface area contributed by atoms with Crippen LogP contribution in [0.3, 0.4) is 0 Å². The summed E-state index contributed by atoms with van der Waals surface area (Å²) in [6.07, 6.45) is -2.60. The molecule has 0 aliphatic carbocycles. The number of hydrogen-bond donors (Lipinski definition) is 10. The van der Waals surface area contributed by atoms with E-state index in [4.69, 9.17) is 30.6 Å². The summed E-state index contributed by atoms with van der Waals surface area (Å²) in [5.74, 6) is -2.54. The first-order valence-electron chi connectivity index (χ1n) is 34.0. The normalized spacial score (nSPS) is 14.3. The van der Waals surface area contributed by atoms with Gasteiger partial charge in [0.1, 0.15) is 62.0 Å². The summed E-state index contributed by atoms with van der Waals surface area (Å²) in [4.78, 5) is 37.1. The number of carbonyl (C=O) groups excluding carboxylic acids is 2. The highest BCUT2D eigenvalue weighted by Crippen LogP contribution is 2.39. The minimum absolute atomic E-state index is 0. The molecule has 0 fully saturated rings. The van der Waals surface area contributed by atoms with Crippen LogP contribution < -0.4 is 10.6 Å². The highest BCUT2D eigenvalue weighted by Gasteiger charge is 2.23. The predicted octanol–water partition coefficient (Wildman–Crippen LogP) is 10.8. The molecule has 10 aromatic rings. The molecule has 2 amide bonds. The molecule has 6 atom stereocenters. The maximum absolute atomic E-state index is 13.0. The van der Waals surface area contributed by atoms with Crippen molar-refractivity contribution < 1.29 is 105 Å². The Morgan fingerprint density at radius 1 is 0.429 bits per heavy atom. The Morgan fingerprint density at radius 3 is 0.982 bits per heavy atom. The van der Waals surface area contributed by atoms with Gasteiger partial charge in [-0.05, 0) is 165 Å². The highest BCUT2D eigenvalue weighted by atomic mass is 32.2. The molecule has 2 aromatic heterocycles. The van der Waals surface area contributed by atoms with E-state index in [9.17, 15) is 71.7 Å². The lowest BCUT2D eigenvalue weighted by Crippen LogP contribution is -2.40. The Labute approximate surface area is 657 Å². The standard InChI is InChI=1S/2C28H22N4O8S3.2C9H21NO3.2H2/c2*1-15-9-14-22-25(26(15)43(38,39)40)41-28(30-22)17-10-12-18(13-11-17)31-32-24(16(2)33)27(34)29-21-7-3-6-20-19(21)5-4-8-23(20)42(35,36)37;2*1-7(11)4-10(5-8(2)12)6-9(3)13;;/h2*3-14,33H,1-2H3,(H,29,34)(H,35,36,37)(H,38,39,40);2*7-9,11-13H,4-6H2,1-3H3;2*1H/p-4/b2*24-16+,32-31?;;;;. The second-order valence-corrected chi connectivity index (χ2v) is 33.4. The summed E-state index contributed by atoms with van der Waals surface area (Å²) in [5, 5.41) is 97.9. The molecule has 0 saturated heterocycles. The number of thiazole rings is 2. The Kier molecular flexibility index (Phi) is 31.2. The monoisotopic (exact) mass is 1660 g/mol. The Bertz CT molecular complexity index is 5270. The minimum Gasteiger partial charge on any atom is -0.744 e. The van der Waals surface area contributed by atoms with Crippen molar-refractivity contribution in [2.24, 2.45) is 20.5 Å². The van der Waals surface area contributed by atoms with Crippen molar-refractivity contribution in [3.8, 4) is 21.1 Å². The average molecular weight is 1660 g/mol. The zero-order chi connectivity index (χ0) is 83.1. The summed E-state index contributed by atoms with van der Waals surface area (Å²) >= 11 is 2.13. The second-order valence-electron chi connectivity index (χ2n) is 26.1. The Balaban J connectivity index is 0.000000307. The molecule has 112 heavy (non-hydrogen) atoms. The van der Waals surface area contributed by atoms with Gasteiger partial charge < -0.3 is 69.7 Å². The highest BCUT2D eigenvalue weighted by molar-refractivity contribution is 7.87.